The standard InChI is InChI=1S/C13H16BrNO4/c1-15(7-3-4-12(16)17)13(18)9-5-6-11(19-2)10(14)8-9/h5-6,8H,3-4,7H2,1-2H3,(H,16,17). The highest BCUT2D eigenvalue weighted by Gasteiger charge is 2.13. The Balaban J connectivity index is 2.66. The summed E-state index contributed by atoms with van der Waals surface area (Å²) >= 11 is 3.32. The van der Waals surface area contributed by atoms with Crippen molar-refractivity contribution in [2.75, 3.05) is 20.7 Å². The molecule has 19 heavy (non-hydrogen) atoms. The van der Waals surface area contributed by atoms with Crippen LogP contribution in [-0.2, 0) is 4.79 Å². The predicted molar refractivity (Wildman–Crippen MR) is 74.5 cm³/mol. The molecule has 0 aliphatic heterocycles. The molecule has 0 aliphatic carbocycles. The molecule has 0 spiro atoms. The van der Waals surface area contributed by atoms with Crippen LogP contribution < -0.4 is 4.74 Å². The molecule has 0 bridgehead atoms. The number of carbonyl (C=O) groups excluding carboxylic acids is 1. The van der Waals surface area contributed by atoms with Crippen molar-refractivity contribution in [3.8, 4) is 5.75 Å². The molecule has 5 nitrogen and oxygen atoms in total. The van der Waals surface area contributed by atoms with Crippen LogP contribution in [0.15, 0.2) is 22.7 Å². The fraction of sp³-hybridized carbons (Fsp3) is 0.385. The minimum atomic E-state index is -0.854. The highest BCUT2D eigenvalue weighted by atomic mass is 79.9. The van der Waals surface area contributed by atoms with E-state index in [0.29, 0.717) is 28.8 Å². The molecule has 1 rings (SSSR count). The van der Waals surface area contributed by atoms with E-state index in [1.807, 2.05) is 0 Å². The average Bonchev–Trinajstić information content (AvgIpc) is 2.37. The Labute approximate surface area is 120 Å². The first kappa shape index (κ1) is 15.5. The second-order valence-corrected chi connectivity index (χ2v) is 4.93. The van der Waals surface area contributed by atoms with Crippen molar-refractivity contribution in [1.82, 2.24) is 4.90 Å². The van der Waals surface area contributed by atoms with Crippen LogP contribution in [-0.4, -0.2) is 42.6 Å². The van der Waals surface area contributed by atoms with Crippen molar-refractivity contribution in [2.24, 2.45) is 0 Å². The Hall–Kier alpha value is -1.56. The highest BCUT2D eigenvalue weighted by Crippen LogP contribution is 2.25. The molecule has 0 heterocycles. The smallest absolute Gasteiger partial charge is 0.303 e. The zero-order valence-electron chi connectivity index (χ0n) is 10.9. The maximum atomic E-state index is 12.1. The lowest BCUT2D eigenvalue weighted by Gasteiger charge is -2.17. The molecular formula is C13H16BrNO4. The Morgan fingerprint density at radius 1 is 1.42 bits per heavy atom. The number of benzene rings is 1. The molecule has 0 saturated heterocycles. The van der Waals surface area contributed by atoms with Crippen molar-refractivity contribution >= 4 is 27.8 Å². The molecule has 1 N–H and O–H groups in total. The van der Waals surface area contributed by atoms with Crippen molar-refractivity contribution in [2.45, 2.75) is 12.8 Å². The van der Waals surface area contributed by atoms with Gasteiger partial charge in [0.1, 0.15) is 5.75 Å². The van der Waals surface area contributed by atoms with Crippen LogP contribution in [0.2, 0.25) is 0 Å². The third-order valence-corrected chi connectivity index (χ3v) is 3.25. The number of carboxylic acids is 1. The average molecular weight is 330 g/mol. The van der Waals surface area contributed by atoms with Gasteiger partial charge in [-0.3, -0.25) is 9.59 Å². The van der Waals surface area contributed by atoms with Crippen molar-refractivity contribution in [1.29, 1.82) is 0 Å². The van der Waals surface area contributed by atoms with E-state index in [-0.39, 0.29) is 12.3 Å². The summed E-state index contributed by atoms with van der Waals surface area (Å²) in [5, 5.41) is 8.55. The van der Waals surface area contributed by atoms with Gasteiger partial charge in [-0.2, -0.15) is 0 Å². The van der Waals surface area contributed by atoms with E-state index in [2.05, 4.69) is 15.9 Å². The quantitative estimate of drug-likeness (QED) is 0.870. The largest absolute Gasteiger partial charge is 0.496 e. The van der Waals surface area contributed by atoms with Gasteiger partial charge >= 0.3 is 5.97 Å². The number of halogens is 1. The van der Waals surface area contributed by atoms with Crippen LogP contribution in [0.5, 0.6) is 5.75 Å². The molecule has 0 atom stereocenters. The third-order valence-electron chi connectivity index (χ3n) is 2.63. The number of aliphatic carboxylic acids is 1. The fourth-order valence-corrected chi connectivity index (χ4v) is 2.13. The van der Waals surface area contributed by atoms with Crippen LogP contribution in [0.4, 0.5) is 0 Å². The normalized spacial score (nSPS) is 10.1. The van der Waals surface area contributed by atoms with Crippen LogP contribution >= 0.6 is 15.9 Å². The molecular weight excluding hydrogens is 314 g/mol. The number of methoxy groups -OCH3 is 1. The molecule has 0 radical (unpaired) electrons. The number of ether oxygens (including phenoxy) is 1. The molecule has 0 fully saturated rings. The molecule has 1 aromatic rings. The molecule has 104 valence electrons. The van der Waals surface area contributed by atoms with Crippen LogP contribution in [0.1, 0.15) is 23.2 Å². The zero-order valence-corrected chi connectivity index (χ0v) is 12.4. The fourth-order valence-electron chi connectivity index (χ4n) is 1.59. The maximum absolute atomic E-state index is 12.1. The summed E-state index contributed by atoms with van der Waals surface area (Å²) in [6.07, 6.45) is 0.499. The van der Waals surface area contributed by atoms with Gasteiger partial charge in [-0.25, -0.2) is 0 Å². The van der Waals surface area contributed by atoms with Gasteiger partial charge in [0.25, 0.3) is 5.91 Å². The molecule has 0 aliphatic rings. The van der Waals surface area contributed by atoms with E-state index < -0.39 is 5.97 Å². The zero-order chi connectivity index (χ0) is 14.4. The van der Waals surface area contributed by atoms with E-state index >= 15 is 0 Å². The van der Waals surface area contributed by atoms with E-state index in [9.17, 15) is 9.59 Å². The van der Waals surface area contributed by atoms with Gasteiger partial charge in [0.15, 0.2) is 0 Å². The van der Waals surface area contributed by atoms with Crippen LogP contribution in [0, 0.1) is 0 Å². The Morgan fingerprint density at radius 3 is 2.63 bits per heavy atom. The number of carboxylic acid groups (broad SMARTS) is 1. The van der Waals surface area contributed by atoms with Crippen molar-refractivity contribution in [3.05, 3.63) is 28.2 Å². The van der Waals surface area contributed by atoms with Gasteiger partial charge in [0, 0.05) is 25.6 Å². The molecule has 0 aromatic heterocycles. The number of hydrogen-bond acceptors (Lipinski definition) is 3. The van der Waals surface area contributed by atoms with Crippen molar-refractivity contribution in [3.63, 3.8) is 0 Å². The number of nitrogens with zero attached hydrogens (tertiary/aromatic N) is 1. The topological polar surface area (TPSA) is 66.8 Å². The summed E-state index contributed by atoms with van der Waals surface area (Å²) < 4.78 is 5.80. The van der Waals surface area contributed by atoms with Gasteiger partial charge in [-0.1, -0.05) is 0 Å². The highest BCUT2D eigenvalue weighted by molar-refractivity contribution is 9.10. The summed E-state index contributed by atoms with van der Waals surface area (Å²) in [6, 6.07) is 5.08. The molecule has 0 unspecified atom stereocenters. The molecule has 1 amide bonds. The Bertz CT molecular complexity index is 476. The lowest BCUT2D eigenvalue weighted by atomic mass is 10.2. The first-order valence-electron chi connectivity index (χ1n) is 5.76. The number of amides is 1. The second-order valence-electron chi connectivity index (χ2n) is 4.07. The summed E-state index contributed by atoms with van der Waals surface area (Å²) in [7, 11) is 3.21. The third kappa shape index (κ3) is 4.55. The Kier molecular flexibility index (Phi) is 5.82. The summed E-state index contributed by atoms with van der Waals surface area (Å²) in [6.45, 7) is 0.411. The van der Waals surface area contributed by atoms with E-state index in [1.165, 1.54) is 4.90 Å². The molecule has 1 aromatic carbocycles. The lowest BCUT2D eigenvalue weighted by molar-refractivity contribution is -0.137. The summed E-state index contributed by atoms with van der Waals surface area (Å²) in [4.78, 5) is 24.0. The van der Waals surface area contributed by atoms with Gasteiger partial charge in [0.2, 0.25) is 0 Å². The summed E-state index contributed by atoms with van der Waals surface area (Å²) in [5.74, 6) is -0.341. The predicted octanol–water partition coefficient (Wildman–Crippen LogP) is 2.39. The molecule has 6 heteroatoms. The van der Waals surface area contributed by atoms with E-state index in [0.717, 1.165) is 0 Å². The first-order chi connectivity index (χ1) is 8.95. The van der Waals surface area contributed by atoms with Gasteiger partial charge in [0.05, 0.1) is 11.6 Å². The SMILES string of the molecule is COc1ccc(C(=O)N(C)CCCC(=O)O)cc1Br. The van der Waals surface area contributed by atoms with Gasteiger partial charge in [-0.15, -0.1) is 0 Å². The molecule has 0 saturated carbocycles. The minimum Gasteiger partial charge on any atom is -0.496 e. The lowest BCUT2D eigenvalue weighted by Crippen LogP contribution is -2.28. The maximum Gasteiger partial charge on any atom is 0.303 e. The van der Waals surface area contributed by atoms with Gasteiger partial charge in [-0.05, 0) is 40.5 Å². The number of hydrogen-bond donors (Lipinski definition) is 1. The minimum absolute atomic E-state index is 0.0595. The Morgan fingerprint density at radius 2 is 2.11 bits per heavy atom. The van der Waals surface area contributed by atoms with E-state index in [1.54, 1.807) is 32.4 Å². The number of carbonyl (C=O) groups is 2. The summed E-state index contributed by atoms with van der Waals surface area (Å²) in [5.41, 5.74) is 0.533. The van der Waals surface area contributed by atoms with Crippen LogP contribution in [0.3, 0.4) is 0 Å². The van der Waals surface area contributed by atoms with Crippen LogP contribution in [0.25, 0.3) is 0 Å². The van der Waals surface area contributed by atoms with E-state index in [4.69, 9.17) is 9.84 Å². The monoisotopic (exact) mass is 329 g/mol. The van der Waals surface area contributed by atoms with Gasteiger partial charge < -0.3 is 14.7 Å². The number of rotatable bonds is 6. The second kappa shape index (κ2) is 7.13. The first-order valence-corrected chi connectivity index (χ1v) is 6.55. The van der Waals surface area contributed by atoms with Crippen molar-refractivity contribution < 1.29 is 19.4 Å².